The van der Waals surface area contributed by atoms with E-state index in [0.29, 0.717) is 48.6 Å². The van der Waals surface area contributed by atoms with Crippen molar-refractivity contribution in [2.24, 2.45) is 17.8 Å². The van der Waals surface area contributed by atoms with Crippen molar-refractivity contribution in [2.75, 3.05) is 7.11 Å². The molecule has 1 saturated heterocycles. The number of nitrogens with zero attached hydrogens (tertiary/aromatic N) is 3. The molecule has 0 spiro atoms. The molecule has 0 bridgehead atoms. The van der Waals surface area contributed by atoms with Gasteiger partial charge in [0.15, 0.2) is 5.60 Å². The van der Waals surface area contributed by atoms with Crippen LogP contribution in [0.3, 0.4) is 0 Å². The lowest BCUT2D eigenvalue weighted by molar-refractivity contribution is -0.219. The smallest absolute Gasteiger partial charge is 0.408 e. The molecule has 318 valence electrons. The molecule has 58 heavy (non-hydrogen) atoms. The Morgan fingerprint density at radius 1 is 1.14 bits per heavy atom. The van der Waals surface area contributed by atoms with E-state index in [-0.39, 0.29) is 36.0 Å². The van der Waals surface area contributed by atoms with E-state index in [4.69, 9.17) is 9.47 Å². The normalized spacial score (nSPS) is 31.7. The number of nitrogens with one attached hydrogen (secondary N) is 2. The van der Waals surface area contributed by atoms with E-state index >= 15 is 13.6 Å². The number of halogens is 2. The molecule has 2 aliphatic carbocycles. The van der Waals surface area contributed by atoms with E-state index in [2.05, 4.69) is 15.0 Å². The first kappa shape index (κ1) is 43.0. The van der Waals surface area contributed by atoms with Crippen LogP contribution in [0.1, 0.15) is 99.3 Å². The Morgan fingerprint density at radius 3 is 2.41 bits per heavy atom. The van der Waals surface area contributed by atoms with Gasteiger partial charge in [0.25, 0.3) is 11.8 Å². The number of aromatic nitrogens is 1. The molecule has 0 radical (unpaired) electrons. The Labute approximate surface area is 338 Å². The molecular weight excluding hydrogens is 777 g/mol. The fourth-order valence-electron chi connectivity index (χ4n) is 8.57. The molecule has 2 aromatic rings. The highest BCUT2D eigenvalue weighted by atomic mass is 32.2. The largest absolute Gasteiger partial charge is 0.494 e. The summed E-state index contributed by atoms with van der Waals surface area (Å²) in [6.07, 6.45) is 5.24. The maximum Gasteiger partial charge on any atom is 0.408 e. The van der Waals surface area contributed by atoms with Crippen molar-refractivity contribution in [2.45, 2.75) is 139 Å². The molecule has 14 nitrogen and oxygen atoms in total. The molecule has 2 aliphatic heterocycles. The minimum absolute atomic E-state index is 0.0171. The quantitative estimate of drug-likeness (QED) is 0.190. The molecule has 2 saturated carbocycles. The lowest BCUT2D eigenvalue weighted by Crippen LogP contribution is -2.65. The molecule has 3 N–H and O–H groups in total. The number of pyridine rings is 1. The third-order valence-electron chi connectivity index (χ3n) is 12.9. The first-order valence-corrected chi connectivity index (χ1v) is 21.6. The maximum atomic E-state index is 17.7. The second-order valence-electron chi connectivity index (χ2n) is 17.0. The number of allylic oxidation sites excluding steroid dienone is 1. The first-order valence-electron chi connectivity index (χ1n) is 20.1. The van der Waals surface area contributed by atoms with E-state index in [9.17, 15) is 27.9 Å². The van der Waals surface area contributed by atoms with Crippen molar-refractivity contribution >= 4 is 44.6 Å². The Balaban J connectivity index is 1.49. The van der Waals surface area contributed by atoms with Crippen LogP contribution in [0.4, 0.5) is 13.6 Å². The Bertz CT molecular complexity index is 2100. The third-order valence-corrected chi connectivity index (χ3v) is 15.1. The zero-order valence-corrected chi connectivity index (χ0v) is 34.9. The van der Waals surface area contributed by atoms with Gasteiger partial charge in [-0.25, -0.2) is 18.2 Å². The van der Waals surface area contributed by atoms with Gasteiger partial charge in [-0.3, -0.25) is 28.9 Å². The van der Waals surface area contributed by atoms with Gasteiger partial charge in [-0.2, -0.15) is 8.78 Å². The number of sulfonamides is 1. The monoisotopic (exact) mass is 831 g/mol. The number of ether oxygens (including phenoxy) is 2. The van der Waals surface area contributed by atoms with E-state index in [1.807, 2.05) is 13.0 Å². The van der Waals surface area contributed by atoms with Gasteiger partial charge in [-0.05, 0) is 83.6 Å². The summed E-state index contributed by atoms with van der Waals surface area (Å²) >= 11 is 0. The highest BCUT2D eigenvalue weighted by molar-refractivity contribution is 7.91. The summed E-state index contributed by atoms with van der Waals surface area (Å²) in [5, 5.41) is 14.1. The summed E-state index contributed by atoms with van der Waals surface area (Å²) < 4.78 is 74.4. The van der Waals surface area contributed by atoms with Crippen molar-refractivity contribution in [3.05, 3.63) is 42.6 Å². The molecule has 1 aromatic heterocycles. The highest BCUT2D eigenvalue weighted by Crippen LogP contribution is 2.52. The van der Waals surface area contributed by atoms with Gasteiger partial charge in [0, 0.05) is 29.2 Å². The zero-order valence-electron chi connectivity index (χ0n) is 34.1. The number of fused-ring (bicyclic) bond motifs is 3. The van der Waals surface area contributed by atoms with Crippen LogP contribution in [0.25, 0.3) is 10.8 Å². The van der Waals surface area contributed by atoms with Crippen LogP contribution >= 0.6 is 0 Å². The number of rotatable bonds is 10. The SMILES string of the molecule is CCC(C)N(C(=O)O)[C@@H]1C(=O)N2[C@@H](C[C@@](C)(Oc3ncc(OC)c4ccccc34)C2(F)F)C(=O)N[C@]2(C(=O)NS(=O)(=O)C3(C)CC3)C[C@H]2/C=C\CC[C@H](C)C[C@H]1CC. The van der Waals surface area contributed by atoms with Gasteiger partial charge < -0.3 is 19.9 Å². The molecule has 1 aromatic carbocycles. The standard InChI is InChI=1S/C41H55F2N5O9S/c1-8-25(4)47(37(52)53)32-26(9-2)20-24(3)14-10-11-15-27-21-40(27,36(51)46-58(54,55)38(5)18-19-38)45-33(49)30-22-39(6,41(42,43)48(30)35(32)50)57-34-29-17-13-12-16-28(29)31(56-7)23-44-34/h11-13,15-17,23-27,30,32H,8-10,14,18-22H2,1-7H3,(H,45,49)(H,46,51)(H,52,53)/b15-11-/t24-,25?,26+,27+,30-,32-,39+,40+/m0/s1. The first-order chi connectivity index (χ1) is 27.2. The maximum absolute atomic E-state index is 17.7. The van der Waals surface area contributed by atoms with Crippen LogP contribution < -0.4 is 19.5 Å². The summed E-state index contributed by atoms with van der Waals surface area (Å²) in [4.78, 5) is 62.4. The number of hydrogen-bond acceptors (Lipinski definition) is 9. The topological polar surface area (TPSA) is 185 Å². The summed E-state index contributed by atoms with van der Waals surface area (Å²) in [5.74, 6) is -4.78. The van der Waals surface area contributed by atoms with Crippen molar-refractivity contribution < 1.29 is 51.0 Å². The summed E-state index contributed by atoms with van der Waals surface area (Å²) in [6.45, 7) is 9.61. The summed E-state index contributed by atoms with van der Waals surface area (Å²) in [5.41, 5.74) is -4.46. The van der Waals surface area contributed by atoms with E-state index in [1.54, 1.807) is 51.1 Å². The van der Waals surface area contributed by atoms with Gasteiger partial charge in [0.1, 0.15) is 23.4 Å². The number of alkyl halides is 2. The van der Waals surface area contributed by atoms with Crippen LogP contribution in [0.5, 0.6) is 11.6 Å². The Kier molecular flexibility index (Phi) is 11.6. The number of carboxylic acid groups (broad SMARTS) is 1. The molecule has 8 atom stereocenters. The lowest BCUT2D eigenvalue weighted by atomic mass is 9.83. The molecule has 17 heteroatoms. The van der Waals surface area contributed by atoms with Crippen LogP contribution in [0.2, 0.25) is 0 Å². The summed E-state index contributed by atoms with van der Waals surface area (Å²) in [7, 11) is -2.73. The number of carbonyl (C=O) groups excluding carboxylic acids is 3. The predicted molar refractivity (Wildman–Crippen MR) is 211 cm³/mol. The molecule has 6 rings (SSSR count). The minimum atomic E-state index is -4.27. The van der Waals surface area contributed by atoms with Crippen LogP contribution in [-0.4, -0.2) is 99.3 Å². The van der Waals surface area contributed by atoms with Crippen molar-refractivity contribution in [1.29, 1.82) is 0 Å². The minimum Gasteiger partial charge on any atom is -0.494 e. The summed E-state index contributed by atoms with van der Waals surface area (Å²) in [6, 6.07) is -1.98. The number of amides is 4. The molecule has 3 fully saturated rings. The average molecular weight is 832 g/mol. The van der Waals surface area contributed by atoms with Gasteiger partial charge in [-0.15, -0.1) is 0 Å². The third kappa shape index (κ3) is 7.47. The van der Waals surface area contributed by atoms with E-state index < -0.39 is 92.2 Å². The van der Waals surface area contributed by atoms with Gasteiger partial charge in [0.05, 0.1) is 18.1 Å². The lowest BCUT2D eigenvalue weighted by Gasteiger charge is -2.43. The molecule has 3 heterocycles. The van der Waals surface area contributed by atoms with E-state index in [1.165, 1.54) is 20.2 Å². The fraction of sp³-hybridized carbons (Fsp3) is 0.634. The number of methoxy groups -OCH3 is 1. The van der Waals surface area contributed by atoms with Crippen molar-refractivity contribution in [3.8, 4) is 11.6 Å². The van der Waals surface area contributed by atoms with Gasteiger partial charge >= 0.3 is 12.1 Å². The number of carbonyl (C=O) groups is 4. The number of hydrogen-bond donors (Lipinski definition) is 3. The van der Waals surface area contributed by atoms with Crippen molar-refractivity contribution in [3.63, 3.8) is 0 Å². The zero-order chi connectivity index (χ0) is 42.6. The van der Waals surface area contributed by atoms with Crippen molar-refractivity contribution in [1.82, 2.24) is 24.8 Å². The van der Waals surface area contributed by atoms with Gasteiger partial charge in [-0.1, -0.05) is 57.5 Å². The van der Waals surface area contributed by atoms with Gasteiger partial charge in [0.2, 0.25) is 21.8 Å². The molecular formula is C41H55F2N5O9S. The second kappa shape index (κ2) is 15.6. The fourth-order valence-corrected chi connectivity index (χ4v) is 9.88. The predicted octanol–water partition coefficient (Wildman–Crippen LogP) is 6.00. The number of benzene rings is 1. The average Bonchev–Trinajstić information content (AvgIpc) is 4.08. The van der Waals surface area contributed by atoms with Crippen LogP contribution in [0, 0.1) is 17.8 Å². The molecule has 1 unspecified atom stereocenters. The van der Waals surface area contributed by atoms with Crippen LogP contribution in [0.15, 0.2) is 42.6 Å². The molecule has 4 amide bonds. The Hall–Kier alpha value is -4.54. The second-order valence-corrected chi connectivity index (χ2v) is 19.2. The Morgan fingerprint density at radius 2 is 1.81 bits per heavy atom. The van der Waals surface area contributed by atoms with Crippen LogP contribution in [-0.2, 0) is 24.4 Å². The molecule has 4 aliphatic rings. The van der Waals surface area contributed by atoms with E-state index in [0.717, 1.165) is 11.8 Å². The highest BCUT2D eigenvalue weighted by Gasteiger charge is 2.71.